The van der Waals surface area contributed by atoms with Crippen molar-refractivity contribution in [2.75, 3.05) is 11.4 Å². The van der Waals surface area contributed by atoms with Crippen LogP contribution in [0.2, 0.25) is 0 Å². The van der Waals surface area contributed by atoms with E-state index >= 15 is 0 Å². The van der Waals surface area contributed by atoms with E-state index in [1.807, 2.05) is 11.8 Å². The Morgan fingerprint density at radius 1 is 1.38 bits per heavy atom. The summed E-state index contributed by atoms with van der Waals surface area (Å²) in [5, 5.41) is 8.92. The number of halogens is 1. The van der Waals surface area contributed by atoms with Gasteiger partial charge in [0.15, 0.2) is 0 Å². The third-order valence-corrected chi connectivity index (χ3v) is 2.97. The number of anilines is 1. The Bertz CT molecular complexity index is 341. The lowest BCUT2D eigenvalue weighted by molar-refractivity contribution is 0.281. The van der Waals surface area contributed by atoms with Gasteiger partial charge in [-0.05, 0) is 38.0 Å². The van der Waals surface area contributed by atoms with Crippen LogP contribution in [0.1, 0.15) is 32.8 Å². The molecule has 0 aromatic heterocycles. The molecule has 90 valence electrons. The lowest BCUT2D eigenvalue weighted by atomic mass is 10.1. The SMILES string of the molecule is CCC(C)N(CC)c1ccc(CO)cc1F. The molecule has 16 heavy (non-hydrogen) atoms. The second-order valence-corrected chi connectivity index (χ2v) is 3.99. The van der Waals surface area contributed by atoms with Gasteiger partial charge in [0, 0.05) is 12.6 Å². The average Bonchev–Trinajstić information content (AvgIpc) is 2.31. The molecule has 1 rings (SSSR count). The summed E-state index contributed by atoms with van der Waals surface area (Å²) in [7, 11) is 0. The fraction of sp³-hybridized carbons (Fsp3) is 0.538. The molecule has 0 saturated heterocycles. The first-order valence-electron chi connectivity index (χ1n) is 5.79. The van der Waals surface area contributed by atoms with Crippen LogP contribution in [0.15, 0.2) is 18.2 Å². The second-order valence-electron chi connectivity index (χ2n) is 3.99. The van der Waals surface area contributed by atoms with E-state index in [9.17, 15) is 4.39 Å². The summed E-state index contributed by atoms with van der Waals surface area (Å²) >= 11 is 0. The van der Waals surface area contributed by atoms with Gasteiger partial charge in [-0.3, -0.25) is 0 Å². The molecule has 1 atom stereocenters. The first-order chi connectivity index (χ1) is 7.63. The third-order valence-electron chi connectivity index (χ3n) is 2.97. The maximum Gasteiger partial charge on any atom is 0.146 e. The van der Waals surface area contributed by atoms with Crippen LogP contribution in [0.3, 0.4) is 0 Å². The normalized spacial score (nSPS) is 12.6. The maximum atomic E-state index is 13.8. The second kappa shape index (κ2) is 5.85. The Hall–Kier alpha value is -1.09. The Labute approximate surface area is 96.7 Å². The molecule has 0 fully saturated rings. The highest BCUT2D eigenvalue weighted by atomic mass is 19.1. The summed E-state index contributed by atoms with van der Waals surface area (Å²) in [6.45, 7) is 6.86. The van der Waals surface area contributed by atoms with Crippen molar-refractivity contribution in [1.82, 2.24) is 0 Å². The predicted molar refractivity (Wildman–Crippen MR) is 65.1 cm³/mol. The van der Waals surface area contributed by atoms with Crippen molar-refractivity contribution < 1.29 is 9.50 Å². The van der Waals surface area contributed by atoms with Gasteiger partial charge in [0.2, 0.25) is 0 Å². The number of rotatable bonds is 5. The number of nitrogens with zero attached hydrogens (tertiary/aromatic N) is 1. The van der Waals surface area contributed by atoms with Crippen LogP contribution >= 0.6 is 0 Å². The molecule has 3 heteroatoms. The highest BCUT2D eigenvalue weighted by molar-refractivity contribution is 5.49. The number of aliphatic hydroxyl groups is 1. The predicted octanol–water partition coefficient (Wildman–Crippen LogP) is 2.94. The standard InChI is InChI=1S/C13H20FNO/c1-4-10(3)15(5-2)13-7-6-11(9-16)8-12(13)14/h6-8,10,16H,4-5,9H2,1-3H3. The van der Waals surface area contributed by atoms with E-state index in [4.69, 9.17) is 5.11 Å². The Kier molecular flexibility index (Phi) is 4.74. The van der Waals surface area contributed by atoms with E-state index in [1.54, 1.807) is 12.1 Å². The van der Waals surface area contributed by atoms with Gasteiger partial charge in [-0.2, -0.15) is 0 Å². The van der Waals surface area contributed by atoms with Crippen LogP contribution in [-0.4, -0.2) is 17.7 Å². The summed E-state index contributed by atoms with van der Waals surface area (Å²) in [6, 6.07) is 5.24. The van der Waals surface area contributed by atoms with E-state index in [0.717, 1.165) is 13.0 Å². The summed E-state index contributed by atoms with van der Waals surface area (Å²) in [5.74, 6) is -0.256. The zero-order chi connectivity index (χ0) is 12.1. The molecule has 0 aliphatic carbocycles. The van der Waals surface area contributed by atoms with E-state index in [-0.39, 0.29) is 12.4 Å². The molecule has 0 spiro atoms. The quantitative estimate of drug-likeness (QED) is 0.832. The van der Waals surface area contributed by atoms with Crippen LogP contribution in [0.4, 0.5) is 10.1 Å². The van der Waals surface area contributed by atoms with Crippen molar-refractivity contribution >= 4 is 5.69 Å². The van der Waals surface area contributed by atoms with Gasteiger partial charge in [0.25, 0.3) is 0 Å². The fourth-order valence-electron chi connectivity index (χ4n) is 1.82. The van der Waals surface area contributed by atoms with Gasteiger partial charge in [-0.25, -0.2) is 4.39 Å². The Morgan fingerprint density at radius 2 is 2.06 bits per heavy atom. The van der Waals surface area contributed by atoms with Crippen molar-refractivity contribution in [1.29, 1.82) is 0 Å². The van der Waals surface area contributed by atoms with Crippen molar-refractivity contribution in [3.8, 4) is 0 Å². The maximum absolute atomic E-state index is 13.8. The summed E-state index contributed by atoms with van der Waals surface area (Å²) in [6.07, 6.45) is 0.981. The molecule has 0 bridgehead atoms. The molecule has 0 saturated carbocycles. The molecule has 1 aromatic rings. The molecule has 0 amide bonds. The smallest absolute Gasteiger partial charge is 0.146 e. The fourth-order valence-corrected chi connectivity index (χ4v) is 1.82. The molecule has 1 aromatic carbocycles. The highest BCUT2D eigenvalue weighted by Crippen LogP contribution is 2.23. The van der Waals surface area contributed by atoms with Gasteiger partial charge >= 0.3 is 0 Å². The van der Waals surface area contributed by atoms with Crippen molar-refractivity contribution in [2.45, 2.75) is 39.8 Å². The molecule has 1 unspecified atom stereocenters. The lowest BCUT2D eigenvalue weighted by Gasteiger charge is -2.29. The Balaban J connectivity index is 3.01. The van der Waals surface area contributed by atoms with E-state index in [0.29, 0.717) is 17.3 Å². The number of hydrogen-bond donors (Lipinski definition) is 1. The molecule has 1 N–H and O–H groups in total. The van der Waals surface area contributed by atoms with Gasteiger partial charge in [0.05, 0.1) is 12.3 Å². The van der Waals surface area contributed by atoms with Crippen molar-refractivity contribution in [2.24, 2.45) is 0 Å². The topological polar surface area (TPSA) is 23.5 Å². The zero-order valence-electron chi connectivity index (χ0n) is 10.2. The first-order valence-corrected chi connectivity index (χ1v) is 5.79. The largest absolute Gasteiger partial charge is 0.392 e. The summed E-state index contributed by atoms with van der Waals surface area (Å²) in [4.78, 5) is 2.04. The van der Waals surface area contributed by atoms with Crippen LogP contribution in [0.5, 0.6) is 0 Å². The molecular weight excluding hydrogens is 205 g/mol. The molecule has 2 nitrogen and oxygen atoms in total. The molecule has 0 aliphatic rings. The van der Waals surface area contributed by atoms with Crippen molar-refractivity contribution in [3.05, 3.63) is 29.6 Å². The molecular formula is C13H20FNO. The summed E-state index contributed by atoms with van der Waals surface area (Å²) < 4.78 is 13.8. The highest BCUT2D eigenvalue weighted by Gasteiger charge is 2.14. The number of aliphatic hydroxyl groups excluding tert-OH is 1. The molecule has 0 heterocycles. The van der Waals surface area contributed by atoms with E-state index < -0.39 is 0 Å². The monoisotopic (exact) mass is 225 g/mol. The van der Waals surface area contributed by atoms with Gasteiger partial charge < -0.3 is 10.0 Å². The van der Waals surface area contributed by atoms with Crippen LogP contribution in [0, 0.1) is 5.82 Å². The molecule has 0 radical (unpaired) electrons. The minimum atomic E-state index is -0.256. The van der Waals surface area contributed by atoms with Crippen molar-refractivity contribution in [3.63, 3.8) is 0 Å². The Morgan fingerprint density at radius 3 is 2.50 bits per heavy atom. The lowest BCUT2D eigenvalue weighted by Crippen LogP contribution is -2.33. The number of benzene rings is 1. The minimum Gasteiger partial charge on any atom is -0.392 e. The minimum absolute atomic E-state index is 0.118. The van der Waals surface area contributed by atoms with E-state index in [1.165, 1.54) is 6.07 Å². The molecule has 0 aliphatic heterocycles. The van der Waals surface area contributed by atoms with E-state index in [2.05, 4.69) is 13.8 Å². The zero-order valence-corrected chi connectivity index (χ0v) is 10.2. The van der Waals surface area contributed by atoms with Gasteiger partial charge in [-0.1, -0.05) is 13.0 Å². The van der Waals surface area contributed by atoms with Gasteiger partial charge in [0.1, 0.15) is 5.82 Å². The third kappa shape index (κ3) is 2.73. The van der Waals surface area contributed by atoms with Crippen LogP contribution in [0.25, 0.3) is 0 Å². The average molecular weight is 225 g/mol. The number of hydrogen-bond acceptors (Lipinski definition) is 2. The van der Waals surface area contributed by atoms with Gasteiger partial charge in [-0.15, -0.1) is 0 Å². The summed E-state index contributed by atoms with van der Waals surface area (Å²) in [5.41, 5.74) is 1.23. The van der Waals surface area contributed by atoms with Crippen LogP contribution in [-0.2, 0) is 6.61 Å². The first kappa shape index (κ1) is 13.0. The van der Waals surface area contributed by atoms with Crippen LogP contribution < -0.4 is 4.90 Å².